The maximum absolute atomic E-state index is 13.5. The first-order valence-corrected chi connectivity index (χ1v) is 5.51. The fraction of sp³-hybridized carbons (Fsp3) is 0.455. The lowest BCUT2D eigenvalue weighted by Crippen LogP contribution is -2.26. The Morgan fingerprint density at radius 2 is 1.93 bits per heavy atom. The van der Waals surface area contributed by atoms with Crippen molar-refractivity contribution in [2.45, 2.75) is 32.9 Å². The van der Waals surface area contributed by atoms with Crippen LogP contribution >= 0.6 is 15.9 Å². The quantitative estimate of drug-likeness (QED) is 0.874. The molecule has 0 aromatic heterocycles. The molecule has 1 aromatic rings. The highest BCUT2D eigenvalue weighted by Gasteiger charge is 2.11. The Bertz CT molecular complexity index is 312. The zero-order valence-corrected chi connectivity index (χ0v) is 10.2. The lowest BCUT2D eigenvalue weighted by atomic mass is 10.1. The van der Waals surface area contributed by atoms with E-state index in [4.69, 9.17) is 0 Å². The summed E-state index contributed by atoms with van der Waals surface area (Å²) in [7, 11) is 0. The van der Waals surface area contributed by atoms with Crippen LogP contribution in [-0.2, 0) is 0 Å². The second-order valence-electron chi connectivity index (χ2n) is 3.71. The van der Waals surface area contributed by atoms with Crippen LogP contribution in [0.3, 0.4) is 0 Å². The molecule has 1 aromatic carbocycles. The van der Waals surface area contributed by atoms with E-state index in [0.29, 0.717) is 11.6 Å². The molecule has 3 heteroatoms. The van der Waals surface area contributed by atoms with Crippen LogP contribution < -0.4 is 5.32 Å². The molecule has 0 fully saturated rings. The third-order valence-corrected chi connectivity index (χ3v) is 2.51. The van der Waals surface area contributed by atoms with Crippen LogP contribution in [0.15, 0.2) is 22.7 Å². The maximum Gasteiger partial charge on any atom is 0.129 e. The van der Waals surface area contributed by atoms with Crippen molar-refractivity contribution in [3.8, 4) is 0 Å². The first kappa shape index (κ1) is 11.7. The van der Waals surface area contributed by atoms with Gasteiger partial charge in [-0.3, -0.25) is 0 Å². The number of hydrogen-bond donors (Lipinski definition) is 1. The molecule has 1 N–H and O–H groups in total. The Hall–Kier alpha value is -0.410. The predicted octanol–water partition coefficient (Wildman–Crippen LogP) is 3.65. The molecule has 0 saturated carbocycles. The van der Waals surface area contributed by atoms with Crippen LogP contribution in [0, 0.1) is 5.82 Å². The normalized spacial score (nSPS) is 13.3. The van der Waals surface area contributed by atoms with Gasteiger partial charge in [-0.25, -0.2) is 4.39 Å². The Balaban J connectivity index is 2.84. The smallest absolute Gasteiger partial charge is 0.129 e. The van der Waals surface area contributed by atoms with Gasteiger partial charge in [-0.15, -0.1) is 0 Å². The minimum Gasteiger partial charge on any atom is -0.308 e. The molecule has 0 heterocycles. The average Bonchev–Trinajstić information content (AvgIpc) is 2.01. The van der Waals surface area contributed by atoms with E-state index < -0.39 is 0 Å². The first-order chi connectivity index (χ1) is 6.50. The SMILES string of the molecule is CC(C)N[C@H](C)c1ccc(Br)cc1F. The highest BCUT2D eigenvalue weighted by Crippen LogP contribution is 2.21. The van der Waals surface area contributed by atoms with Crippen LogP contribution in [0.1, 0.15) is 32.4 Å². The molecule has 0 bridgehead atoms. The van der Waals surface area contributed by atoms with Gasteiger partial charge >= 0.3 is 0 Å². The molecule has 0 unspecified atom stereocenters. The summed E-state index contributed by atoms with van der Waals surface area (Å²) in [5.41, 5.74) is 0.710. The van der Waals surface area contributed by atoms with Gasteiger partial charge in [0.1, 0.15) is 5.82 Å². The second kappa shape index (κ2) is 4.89. The lowest BCUT2D eigenvalue weighted by Gasteiger charge is -2.17. The third kappa shape index (κ3) is 3.07. The molecule has 1 rings (SSSR count). The van der Waals surface area contributed by atoms with Gasteiger partial charge in [0, 0.05) is 22.1 Å². The summed E-state index contributed by atoms with van der Waals surface area (Å²) in [6.07, 6.45) is 0. The van der Waals surface area contributed by atoms with Crippen molar-refractivity contribution in [2.24, 2.45) is 0 Å². The number of halogens is 2. The lowest BCUT2D eigenvalue weighted by molar-refractivity contribution is 0.483. The van der Waals surface area contributed by atoms with Crippen molar-refractivity contribution in [3.05, 3.63) is 34.1 Å². The Morgan fingerprint density at radius 3 is 2.43 bits per heavy atom. The van der Waals surface area contributed by atoms with E-state index in [1.807, 2.05) is 26.8 Å². The van der Waals surface area contributed by atoms with E-state index >= 15 is 0 Å². The summed E-state index contributed by atoms with van der Waals surface area (Å²) in [6, 6.07) is 5.56. The highest BCUT2D eigenvalue weighted by atomic mass is 79.9. The summed E-state index contributed by atoms with van der Waals surface area (Å²) in [4.78, 5) is 0. The van der Waals surface area contributed by atoms with Crippen LogP contribution in [0.25, 0.3) is 0 Å². The van der Waals surface area contributed by atoms with Gasteiger partial charge in [0.2, 0.25) is 0 Å². The number of nitrogens with one attached hydrogen (secondary N) is 1. The van der Waals surface area contributed by atoms with Crippen molar-refractivity contribution >= 4 is 15.9 Å². The number of rotatable bonds is 3. The zero-order chi connectivity index (χ0) is 10.7. The summed E-state index contributed by atoms with van der Waals surface area (Å²) in [5.74, 6) is -0.167. The highest BCUT2D eigenvalue weighted by molar-refractivity contribution is 9.10. The fourth-order valence-electron chi connectivity index (χ4n) is 1.44. The zero-order valence-electron chi connectivity index (χ0n) is 8.64. The predicted molar refractivity (Wildman–Crippen MR) is 60.8 cm³/mol. The maximum atomic E-state index is 13.5. The van der Waals surface area contributed by atoms with Crippen LogP contribution in [0.4, 0.5) is 4.39 Å². The van der Waals surface area contributed by atoms with Gasteiger partial charge in [-0.05, 0) is 19.1 Å². The summed E-state index contributed by atoms with van der Waals surface area (Å²) in [5, 5.41) is 3.26. The molecule has 0 saturated heterocycles. The third-order valence-electron chi connectivity index (χ3n) is 2.01. The van der Waals surface area contributed by atoms with Crippen molar-refractivity contribution in [1.82, 2.24) is 5.32 Å². The standard InChI is InChI=1S/C11H15BrFN/c1-7(2)14-8(3)10-5-4-9(12)6-11(10)13/h4-8,14H,1-3H3/t8-/m1/s1. The molecule has 78 valence electrons. The van der Waals surface area contributed by atoms with Crippen molar-refractivity contribution in [1.29, 1.82) is 0 Å². The number of benzene rings is 1. The number of hydrogen-bond acceptors (Lipinski definition) is 1. The van der Waals surface area contributed by atoms with E-state index in [0.717, 1.165) is 4.47 Å². The average molecular weight is 260 g/mol. The van der Waals surface area contributed by atoms with E-state index in [2.05, 4.69) is 21.2 Å². The summed E-state index contributed by atoms with van der Waals surface area (Å²) < 4.78 is 14.3. The molecule has 0 spiro atoms. The summed E-state index contributed by atoms with van der Waals surface area (Å²) >= 11 is 3.24. The molecule has 1 atom stereocenters. The monoisotopic (exact) mass is 259 g/mol. The van der Waals surface area contributed by atoms with Gasteiger partial charge in [0.15, 0.2) is 0 Å². The summed E-state index contributed by atoms with van der Waals surface area (Å²) in [6.45, 7) is 6.06. The molecule has 0 radical (unpaired) electrons. The first-order valence-electron chi connectivity index (χ1n) is 4.71. The second-order valence-corrected chi connectivity index (χ2v) is 4.62. The van der Waals surface area contributed by atoms with Crippen LogP contribution in [0.2, 0.25) is 0 Å². The van der Waals surface area contributed by atoms with Gasteiger partial charge in [0.25, 0.3) is 0 Å². The Kier molecular flexibility index (Phi) is 4.08. The van der Waals surface area contributed by atoms with Crippen LogP contribution in [0.5, 0.6) is 0 Å². The Labute approximate surface area is 92.8 Å². The van der Waals surface area contributed by atoms with Crippen molar-refractivity contribution in [2.75, 3.05) is 0 Å². The van der Waals surface area contributed by atoms with E-state index in [-0.39, 0.29) is 11.9 Å². The van der Waals surface area contributed by atoms with Crippen molar-refractivity contribution in [3.63, 3.8) is 0 Å². The molecule has 0 aliphatic carbocycles. The van der Waals surface area contributed by atoms with E-state index in [1.165, 1.54) is 6.07 Å². The fourth-order valence-corrected chi connectivity index (χ4v) is 1.78. The molecule has 0 aliphatic rings. The molecular weight excluding hydrogens is 245 g/mol. The van der Waals surface area contributed by atoms with Gasteiger partial charge in [0.05, 0.1) is 0 Å². The largest absolute Gasteiger partial charge is 0.308 e. The van der Waals surface area contributed by atoms with E-state index in [1.54, 1.807) is 6.07 Å². The molecular formula is C11H15BrFN. The topological polar surface area (TPSA) is 12.0 Å². The van der Waals surface area contributed by atoms with Crippen molar-refractivity contribution < 1.29 is 4.39 Å². The Morgan fingerprint density at radius 1 is 1.29 bits per heavy atom. The van der Waals surface area contributed by atoms with Gasteiger partial charge in [-0.2, -0.15) is 0 Å². The van der Waals surface area contributed by atoms with E-state index in [9.17, 15) is 4.39 Å². The molecule has 14 heavy (non-hydrogen) atoms. The molecule has 0 amide bonds. The molecule has 0 aliphatic heterocycles. The minimum absolute atomic E-state index is 0.0445. The minimum atomic E-state index is -0.167. The van der Waals surface area contributed by atoms with Gasteiger partial charge < -0.3 is 5.32 Å². The van der Waals surface area contributed by atoms with Gasteiger partial charge in [-0.1, -0.05) is 35.8 Å². The van der Waals surface area contributed by atoms with Crippen LogP contribution in [-0.4, -0.2) is 6.04 Å². The molecule has 1 nitrogen and oxygen atoms in total.